The fraction of sp³-hybridized carbons (Fsp3) is 0.318. The van der Waals surface area contributed by atoms with E-state index in [9.17, 15) is 14.4 Å². The second-order valence-corrected chi connectivity index (χ2v) is 8.37. The van der Waals surface area contributed by atoms with Crippen molar-refractivity contribution < 1.29 is 19.1 Å². The van der Waals surface area contributed by atoms with Gasteiger partial charge in [-0.2, -0.15) is 0 Å². The smallest absolute Gasteiger partial charge is 0.308 e. The van der Waals surface area contributed by atoms with E-state index in [0.29, 0.717) is 5.56 Å². The van der Waals surface area contributed by atoms with E-state index in [4.69, 9.17) is 4.74 Å². The normalized spacial score (nSPS) is 18.6. The maximum Gasteiger partial charge on any atom is 0.308 e. The van der Waals surface area contributed by atoms with E-state index in [1.807, 2.05) is 36.4 Å². The monoisotopic (exact) mass is 395 g/mol. The number of hydrogen-bond acceptors (Lipinski definition) is 5. The topological polar surface area (TPSA) is 72.5 Å². The molecule has 2 aromatic carbocycles. The van der Waals surface area contributed by atoms with Crippen LogP contribution in [0.5, 0.6) is 0 Å². The number of hydrogen-bond donors (Lipinski definition) is 1. The van der Waals surface area contributed by atoms with E-state index in [-0.39, 0.29) is 18.1 Å². The lowest BCUT2D eigenvalue weighted by molar-refractivity contribution is -0.147. The predicted octanol–water partition coefficient (Wildman–Crippen LogP) is 3.79. The number of anilines is 1. The number of para-hydroxylation sites is 1. The van der Waals surface area contributed by atoms with Crippen LogP contribution >= 0.6 is 11.8 Å². The molecule has 0 fully saturated rings. The molecule has 1 N–H and O–H groups in total. The van der Waals surface area contributed by atoms with Gasteiger partial charge in [-0.15, -0.1) is 11.8 Å². The molecule has 2 atom stereocenters. The number of ketones is 1. The molecule has 0 saturated heterocycles. The SMILES string of the molecule is C[C@@H](OC(=O)C[C@H]1Sc2ccccc2NC1=O)C(=O)c1ccc2c(c1)CCC2. The Labute approximate surface area is 167 Å². The van der Waals surface area contributed by atoms with Crippen molar-refractivity contribution in [2.45, 2.75) is 48.9 Å². The number of thioether (sulfide) groups is 1. The van der Waals surface area contributed by atoms with Gasteiger partial charge < -0.3 is 10.1 Å². The molecule has 2 aromatic rings. The van der Waals surface area contributed by atoms with Crippen molar-refractivity contribution >= 4 is 35.1 Å². The number of esters is 1. The average molecular weight is 395 g/mol. The van der Waals surface area contributed by atoms with Crippen molar-refractivity contribution in [3.63, 3.8) is 0 Å². The number of amides is 1. The van der Waals surface area contributed by atoms with Crippen molar-refractivity contribution in [2.24, 2.45) is 0 Å². The highest BCUT2D eigenvalue weighted by molar-refractivity contribution is 8.01. The summed E-state index contributed by atoms with van der Waals surface area (Å²) < 4.78 is 5.34. The van der Waals surface area contributed by atoms with E-state index in [0.717, 1.165) is 29.8 Å². The molecule has 0 spiro atoms. The first kappa shape index (κ1) is 18.7. The van der Waals surface area contributed by atoms with Crippen LogP contribution in [-0.4, -0.2) is 29.0 Å². The van der Waals surface area contributed by atoms with Crippen LogP contribution in [-0.2, 0) is 27.2 Å². The standard InChI is InChI=1S/C22H21NO4S/c1-13(21(25)16-10-9-14-5-4-6-15(14)11-16)27-20(24)12-19-22(26)23-17-7-2-3-8-18(17)28-19/h2-3,7-11,13,19H,4-6,12H2,1H3,(H,23,26)/t13-,19-/m1/s1. The van der Waals surface area contributed by atoms with Crippen LogP contribution in [0.2, 0.25) is 0 Å². The molecular formula is C22H21NO4S. The maximum absolute atomic E-state index is 12.6. The Balaban J connectivity index is 1.37. The van der Waals surface area contributed by atoms with Gasteiger partial charge in [-0.25, -0.2) is 0 Å². The van der Waals surface area contributed by atoms with Crippen LogP contribution in [0.1, 0.15) is 41.3 Å². The molecule has 2 aliphatic rings. The molecule has 28 heavy (non-hydrogen) atoms. The van der Waals surface area contributed by atoms with Crippen molar-refractivity contribution in [3.8, 4) is 0 Å². The fourth-order valence-electron chi connectivity index (χ4n) is 3.64. The van der Waals surface area contributed by atoms with Gasteiger partial charge in [0.2, 0.25) is 11.7 Å². The molecule has 1 aliphatic heterocycles. The fourth-order valence-corrected chi connectivity index (χ4v) is 4.73. The molecule has 0 unspecified atom stereocenters. The van der Waals surface area contributed by atoms with Gasteiger partial charge in [-0.3, -0.25) is 14.4 Å². The largest absolute Gasteiger partial charge is 0.454 e. The molecule has 144 valence electrons. The summed E-state index contributed by atoms with van der Waals surface area (Å²) in [4.78, 5) is 38.1. The molecule has 1 heterocycles. The van der Waals surface area contributed by atoms with Gasteiger partial charge in [-0.1, -0.05) is 24.3 Å². The first-order valence-corrected chi connectivity index (χ1v) is 10.3. The van der Waals surface area contributed by atoms with Crippen molar-refractivity contribution in [1.82, 2.24) is 0 Å². The van der Waals surface area contributed by atoms with Gasteiger partial charge in [-0.05, 0) is 55.5 Å². The lowest BCUT2D eigenvalue weighted by atomic mass is 10.0. The second-order valence-electron chi connectivity index (χ2n) is 7.13. The van der Waals surface area contributed by atoms with Gasteiger partial charge in [0.25, 0.3) is 0 Å². The minimum absolute atomic E-state index is 0.0767. The minimum Gasteiger partial charge on any atom is -0.454 e. The lowest BCUT2D eigenvalue weighted by Crippen LogP contribution is -2.33. The molecule has 6 heteroatoms. The number of aryl methyl sites for hydroxylation is 2. The van der Waals surface area contributed by atoms with Crippen molar-refractivity contribution in [1.29, 1.82) is 0 Å². The first-order valence-electron chi connectivity index (χ1n) is 9.43. The highest BCUT2D eigenvalue weighted by atomic mass is 32.2. The lowest BCUT2D eigenvalue weighted by Gasteiger charge is -2.23. The van der Waals surface area contributed by atoms with E-state index >= 15 is 0 Å². The second kappa shape index (κ2) is 7.80. The Hall–Kier alpha value is -2.60. The first-order chi connectivity index (χ1) is 13.5. The Bertz CT molecular complexity index is 955. The van der Waals surface area contributed by atoms with E-state index in [1.165, 1.54) is 22.9 Å². The summed E-state index contributed by atoms with van der Waals surface area (Å²) in [6.45, 7) is 1.58. The van der Waals surface area contributed by atoms with Gasteiger partial charge in [0.15, 0.2) is 6.10 Å². The molecule has 5 nitrogen and oxygen atoms in total. The van der Waals surface area contributed by atoms with E-state index in [2.05, 4.69) is 5.32 Å². The summed E-state index contributed by atoms with van der Waals surface area (Å²) >= 11 is 1.34. The van der Waals surface area contributed by atoms with Crippen LogP contribution in [0.25, 0.3) is 0 Å². The van der Waals surface area contributed by atoms with E-state index < -0.39 is 17.3 Å². The number of fused-ring (bicyclic) bond motifs is 2. The van der Waals surface area contributed by atoms with E-state index in [1.54, 1.807) is 13.0 Å². The van der Waals surface area contributed by atoms with Gasteiger partial charge in [0.1, 0.15) is 0 Å². The third-order valence-electron chi connectivity index (χ3n) is 5.12. The van der Waals surface area contributed by atoms with Gasteiger partial charge in [0.05, 0.1) is 17.4 Å². The highest BCUT2D eigenvalue weighted by Gasteiger charge is 2.30. The minimum atomic E-state index is -0.879. The molecule has 0 saturated carbocycles. The zero-order chi connectivity index (χ0) is 19.7. The van der Waals surface area contributed by atoms with Crippen LogP contribution in [0.4, 0.5) is 5.69 Å². The number of carbonyl (C=O) groups excluding carboxylic acids is 3. The third kappa shape index (κ3) is 3.83. The predicted molar refractivity (Wildman–Crippen MR) is 108 cm³/mol. The van der Waals surface area contributed by atoms with Crippen LogP contribution in [0.3, 0.4) is 0 Å². The number of benzene rings is 2. The maximum atomic E-state index is 12.6. The third-order valence-corrected chi connectivity index (χ3v) is 6.39. The Morgan fingerprint density at radius 2 is 1.96 bits per heavy atom. The highest BCUT2D eigenvalue weighted by Crippen LogP contribution is 2.36. The van der Waals surface area contributed by atoms with Crippen molar-refractivity contribution in [2.75, 3.05) is 5.32 Å². The average Bonchev–Trinajstić information content (AvgIpc) is 3.15. The number of rotatable bonds is 5. The molecule has 4 rings (SSSR count). The summed E-state index contributed by atoms with van der Waals surface area (Å²) in [5.74, 6) is -0.985. The van der Waals surface area contributed by atoms with Gasteiger partial charge >= 0.3 is 5.97 Å². The number of carbonyl (C=O) groups is 3. The number of nitrogens with one attached hydrogen (secondary N) is 1. The molecule has 0 bridgehead atoms. The summed E-state index contributed by atoms with van der Waals surface area (Å²) in [6.07, 6.45) is 2.20. The zero-order valence-corrected chi connectivity index (χ0v) is 16.4. The zero-order valence-electron chi connectivity index (χ0n) is 15.6. The molecule has 0 radical (unpaired) electrons. The summed E-state index contributed by atoms with van der Waals surface area (Å²) in [7, 11) is 0. The number of Topliss-reactive ketones (excluding diaryl/α,β-unsaturated/α-hetero) is 1. The molecule has 1 aliphatic carbocycles. The summed E-state index contributed by atoms with van der Waals surface area (Å²) in [6, 6.07) is 13.2. The molecule has 1 amide bonds. The summed E-state index contributed by atoms with van der Waals surface area (Å²) in [5.41, 5.74) is 3.82. The summed E-state index contributed by atoms with van der Waals surface area (Å²) in [5, 5.41) is 2.24. The number of ether oxygens (including phenoxy) is 1. The van der Waals surface area contributed by atoms with Crippen LogP contribution in [0.15, 0.2) is 47.4 Å². The van der Waals surface area contributed by atoms with Crippen LogP contribution in [0, 0.1) is 0 Å². The Morgan fingerprint density at radius 3 is 2.82 bits per heavy atom. The Morgan fingerprint density at radius 1 is 1.18 bits per heavy atom. The van der Waals surface area contributed by atoms with Gasteiger partial charge in [0, 0.05) is 10.5 Å². The quantitative estimate of drug-likeness (QED) is 0.616. The van der Waals surface area contributed by atoms with Crippen LogP contribution < -0.4 is 5.32 Å². The molecular weight excluding hydrogens is 374 g/mol. The molecule has 0 aromatic heterocycles. The Kier molecular flexibility index (Phi) is 5.22. The van der Waals surface area contributed by atoms with Crippen molar-refractivity contribution in [3.05, 3.63) is 59.2 Å².